The van der Waals surface area contributed by atoms with E-state index >= 15 is 0 Å². The van der Waals surface area contributed by atoms with E-state index in [-0.39, 0.29) is 0 Å². The lowest BCUT2D eigenvalue weighted by Crippen LogP contribution is -2.08. The molecule has 1 aliphatic heterocycles. The molecule has 2 unspecified atom stereocenters. The third-order valence-electron chi connectivity index (χ3n) is 3.65. The summed E-state index contributed by atoms with van der Waals surface area (Å²) >= 11 is 3.79. The number of aryl methyl sites for hydroxylation is 1. The molecule has 0 saturated carbocycles. The van der Waals surface area contributed by atoms with E-state index in [0.717, 1.165) is 13.0 Å². The fourth-order valence-corrected chi connectivity index (χ4v) is 3.19. The second kappa shape index (κ2) is 7.30. The van der Waals surface area contributed by atoms with Crippen LogP contribution in [0.1, 0.15) is 55.0 Å². The van der Waals surface area contributed by atoms with Crippen LogP contribution in [0.2, 0.25) is 0 Å². The second-order valence-electron chi connectivity index (χ2n) is 5.18. The van der Waals surface area contributed by atoms with Gasteiger partial charge in [0.25, 0.3) is 0 Å². The van der Waals surface area contributed by atoms with Crippen molar-refractivity contribution in [1.29, 1.82) is 0 Å². The number of ether oxygens (including phenoxy) is 1. The Morgan fingerprint density at radius 1 is 1.33 bits per heavy atom. The van der Waals surface area contributed by atoms with Gasteiger partial charge >= 0.3 is 0 Å². The second-order valence-corrected chi connectivity index (χ2v) is 6.29. The van der Waals surface area contributed by atoms with Crippen LogP contribution in [0.4, 0.5) is 0 Å². The molecule has 1 heterocycles. The summed E-state index contributed by atoms with van der Waals surface area (Å²) in [7, 11) is 0. The molecule has 1 fully saturated rings. The number of unbranched alkanes of at least 4 members (excludes halogenated alkanes) is 1. The van der Waals surface area contributed by atoms with Crippen LogP contribution in [-0.4, -0.2) is 12.7 Å². The van der Waals surface area contributed by atoms with Gasteiger partial charge in [0.15, 0.2) is 0 Å². The Hall–Kier alpha value is -0.340. The molecule has 18 heavy (non-hydrogen) atoms. The van der Waals surface area contributed by atoms with Gasteiger partial charge in [0, 0.05) is 11.4 Å². The van der Waals surface area contributed by atoms with E-state index in [9.17, 15) is 0 Å². The minimum Gasteiger partial charge on any atom is -0.378 e. The molecule has 2 atom stereocenters. The average Bonchev–Trinajstić information content (AvgIpc) is 2.89. The highest BCUT2D eigenvalue weighted by atomic mass is 79.9. The van der Waals surface area contributed by atoms with E-state index in [4.69, 9.17) is 4.74 Å². The van der Waals surface area contributed by atoms with E-state index in [1.807, 2.05) is 0 Å². The first-order valence-electron chi connectivity index (χ1n) is 7.14. The van der Waals surface area contributed by atoms with Crippen molar-refractivity contribution in [3.8, 4) is 0 Å². The zero-order chi connectivity index (χ0) is 12.8. The number of hydrogen-bond acceptors (Lipinski definition) is 1. The fourth-order valence-electron chi connectivity index (χ4n) is 2.47. The van der Waals surface area contributed by atoms with Gasteiger partial charge in [0.05, 0.1) is 6.10 Å². The Labute approximate surface area is 119 Å². The van der Waals surface area contributed by atoms with Crippen molar-refractivity contribution in [1.82, 2.24) is 0 Å². The minimum absolute atomic E-state index is 0.431. The zero-order valence-electron chi connectivity index (χ0n) is 11.2. The van der Waals surface area contributed by atoms with Gasteiger partial charge in [-0.15, -0.1) is 0 Å². The Morgan fingerprint density at radius 2 is 2.11 bits per heavy atom. The Bertz CT molecular complexity index is 341. The van der Waals surface area contributed by atoms with Crippen molar-refractivity contribution in [3.05, 3.63) is 35.4 Å². The highest BCUT2D eigenvalue weighted by Gasteiger charge is 2.20. The number of alkyl halides is 1. The molecule has 0 spiro atoms. The Kier molecular flexibility index (Phi) is 5.71. The molecule has 1 saturated heterocycles. The summed E-state index contributed by atoms with van der Waals surface area (Å²) < 4.78 is 5.69. The van der Waals surface area contributed by atoms with Crippen LogP contribution in [0.5, 0.6) is 0 Å². The standard InChI is InChI=1S/C16H23BrO/c1-2-3-5-13-7-9-14(10-8-13)16(17)12-15-6-4-11-18-15/h7-10,15-16H,2-6,11-12H2,1H3. The maximum Gasteiger partial charge on any atom is 0.0589 e. The summed E-state index contributed by atoms with van der Waals surface area (Å²) in [6, 6.07) is 9.07. The van der Waals surface area contributed by atoms with Gasteiger partial charge in [-0.1, -0.05) is 53.5 Å². The number of halogens is 1. The first-order chi connectivity index (χ1) is 8.79. The van der Waals surface area contributed by atoms with Gasteiger partial charge in [-0.3, -0.25) is 0 Å². The number of rotatable bonds is 6. The third kappa shape index (κ3) is 4.10. The van der Waals surface area contributed by atoms with E-state index in [1.165, 1.54) is 43.2 Å². The Morgan fingerprint density at radius 3 is 2.72 bits per heavy atom. The summed E-state index contributed by atoms with van der Waals surface area (Å²) in [5.74, 6) is 0. The van der Waals surface area contributed by atoms with Crippen molar-refractivity contribution >= 4 is 15.9 Å². The van der Waals surface area contributed by atoms with Gasteiger partial charge in [-0.25, -0.2) is 0 Å². The largest absolute Gasteiger partial charge is 0.378 e. The molecule has 1 aromatic rings. The number of hydrogen-bond donors (Lipinski definition) is 0. The van der Waals surface area contributed by atoms with E-state index < -0.39 is 0 Å². The molecule has 0 aromatic heterocycles. The van der Waals surface area contributed by atoms with Crippen molar-refractivity contribution in [2.45, 2.75) is 56.4 Å². The maximum atomic E-state index is 5.69. The van der Waals surface area contributed by atoms with Crippen LogP contribution in [0.15, 0.2) is 24.3 Å². The lowest BCUT2D eigenvalue weighted by Gasteiger charge is -2.15. The highest BCUT2D eigenvalue weighted by Crippen LogP contribution is 2.31. The van der Waals surface area contributed by atoms with Crippen molar-refractivity contribution in [2.75, 3.05) is 6.61 Å². The summed E-state index contributed by atoms with van der Waals surface area (Å²) in [6.07, 6.45) is 7.74. The van der Waals surface area contributed by atoms with Crippen molar-refractivity contribution in [2.24, 2.45) is 0 Å². The SMILES string of the molecule is CCCCc1ccc(C(Br)CC2CCCO2)cc1. The summed E-state index contributed by atoms with van der Waals surface area (Å²) in [4.78, 5) is 0.431. The summed E-state index contributed by atoms with van der Waals surface area (Å²) in [5.41, 5.74) is 2.84. The van der Waals surface area contributed by atoms with Gasteiger partial charge in [-0.05, 0) is 43.2 Å². The van der Waals surface area contributed by atoms with Crippen LogP contribution in [0.25, 0.3) is 0 Å². The molecule has 1 aromatic carbocycles. The minimum atomic E-state index is 0.431. The van der Waals surface area contributed by atoms with Gasteiger partial charge in [0.2, 0.25) is 0 Å². The molecular formula is C16H23BrO. The molecule has 0 bridgehead atoms. The fraction of sp³-hybridized carbons (Fsp3) is 0.625. The molecule has 0 radical (unpaired) electrons. The smallest absolute Gasteiger partial charge is 0.0589 e. The van der Waals surface area contributed by atoms with Crippen LogP contribution in [0.3, 0.4) is 0 Å². The Balaban J connectivity index is 1.87. The van der Waals surface area contributed by atoms with Gasteiger partial charge in [0.1, 0.15) is 0 Å². The molecule has 1 aliphatic rings. The quantitative estimate of drug-likeness (QED) is 0.669. The average molecular weight is 311 g/mol. The lowest BCUT2D eigenvalue weighted by molar-refractivity contribution is 0.104. The molecular weight excluding hydrogens is 288 g/mol. The summed E-state index contributed by atoms with van der Waals surface area (Å²) in [5, 5.41) is 0. The molecule has 0 amide bonds. The summed E-state index contributed by atoms with van der Waals surface area (Å²) in [6.45, 7) is 3.19. The molecule has 2 heteroatoms. The normalized spacial score (nSPS) is 21.1. The van der Waals surface area contributed by atoms with Crippen LogP contribution in [-0.2, 0) is 11.2 Å². The van der Waals surface area contributed by atoms with Crippen LogP contribution >= 0.6 is 15.9 Å². The lowest BCUT2D eigenvalue weighted by atomic mass is 10.0. The predicted octanol–water partition coefficient (Wildman–Crippen LogP) is 5.03. The van der Waals surface area contributed by atoms with Crippen LogP contribution < -0.4 is 0 Å². The molecule has 0 aliphatic carbocycles. The molecule has 1 nitrogen and oxygen atoms in total. The van der Waals surface area contributed by atoms with Crippen molar-refractivity contribution in [3.63, 3.8) is 0 Å². The van der Waals surface area contributed by atoms with Crippen LogP contribution in [0, 0.1) is 0 Å². The molecule has 0 N–H and O–H groups in total. The highest BCUT2D eigenvalue weighted by molar-refractivity contribution is 9.09. The monoisotopic (exact) mass is 310 g/mol. The first kappa shape index (κ1) is 14.1. The van der Waals surface area contributed by atoms with Gasteiger partial charge < -0.3 is 4.74 Å². The van der Waals surface area contributed by atoms with E-state index in [2.05, 4.69) is 47.1 Å². The zero-order valence-corrected chi connectivity index (χ0v) is 12.8. The third-order valence-corrected chi connectivity index (χ3v) is 4.56. The van der Waals surface area contributed by atoms with E-state index in [1.54, 1.807) is 0 Å². The van der Waals surface area contributed by atoms with Gasteiger partial charge in [-0.2, -0.15) is 0 Å². The topological polar surface area (TPSA) is 9.23 Å². The first-order valence-corrected chi connectivity index (χ1v) is 8.05. The molecule has 2 rings (SSSR count). The number of benzene rings is 1. The van der Waals surface area contributed by atoms with E-state index in [0.29, 0.717) is 10.9 Å². The van der Waals surface area contributed by atoms with Crippen molar-refractivity contribution < 1.29 is 4.74 Å². The molecule has 100 valence electrons. The maximum absolute atomic E-state index is 5.69. The predicted molar refractivity (Wildman–Crippen MR) is 80.3 cm³/mol.